The lowest BCUT2D eigenvalue weighted by molar-refractivity contribution is -0.115. The van der Waals surface area contributed by atoms with E-state index in [2.05, 4.69) is 17.6 Å². The number of amides is 2. The molecule has 0 spiro atoms. The number of methoxy groups -OCH3 is 1. The minimum atomic E-state index is -0.593. The van der Waals surface area contributed by atoms with Crippen LogP contribution in [0.2, 0.25) is 0 Å². The summed E-state index contributed by atoms with van der Waals surface area (Å²) in [5, 5.41) is 5.82. The highest BCUT2D eigenvalue weighted by atomic mass is 32.2. The molecule has 2 atom stereocenters. The van der Waals surface area contributed by atoms with Gasteiger partial charge >= 0.3 is 5.97 Å². The van der Waals surface area contributed by atoms with Gasteiger partial charge in [0.15, 0.2) is 0 Å². The Bertz CT molecular complexity index is 1320. The van der Waals surface area contributed by atoms with Crippen molar-refractivity contribution in [2.45, 2.75) is 49.7 Å². The number of thiophene rings is 1. The molecule has 0 aliphatic heterocycles. The van der Waals surface area contributed by atoms with Crippen molar-refractivity contribution in [3.63, 3.8) is 0 Å². The van der Waals surface area contributed by atoms with Crippen LogP contribution < -0.4 is 10.6 Å². The van der Waals surface area contributed by atoms with E-state index in [9.17, 15) is 18.8 Å². The van der Waals surface area contributed by atoms with Crippen LogP contribution in [0.15, 0.2) is 53.4 Å². The molecule has 0 fully saturated rings. The first-order chi connectivity index (χ1) is 17.8. The molecule has 4 rings (SSSR count). The van der Waals surface area contributed by atoms with Gasteiger partial charge in [-0.2, -0.15) is 0 Å². The van der Waals surface area contributed by atoms with Gasteiger partial charge in [-0.05, 0) is 67.5 Å². The fraction of sp³-hybridized carbons (Fsp3) is 0.321. The molecular weight excluding hydrogens is 511 g/mol. The minimum Gasteiger partial charge on any atom is -0.465 e. The average Bonchev–Trinajstić information content (AvgIpc) is 3.23. The lowest BCUT2D eigenvalue weighted by Gasteiger charge is -2.18. The molecular formula is C28H29FN2O4S2. The first kappa shape index (κ1) is 26.9. The van der Waals surface area contributed by atoms with Gasteiger partial charge in [0.1, 0.15) is 10.8 Å². The number of fused-ring (bicyclic) bond motifs is 1. The summed E-state index contributed by atoms with van der Waals surface area (Å²) in [6.07, 6.45) is 3.23. The van der Waals surface area contributed by atoms with E-state index in [-0.39, 0.29) is 11.5 Å². The molecule has 2 N–H and O–H groups in total. The highest BCUT2D eigenvalue weighted by Gasteiger charge is 2.30. The standard InChI is InChI=1S/C28H29FN2O4S2/c1-4-22(26(33)31-27-24(28(34)35-3)20-13-12-16(2)14-23(20)37-27)36-18-9-7-8-17(15-18)30-25(32)19-10-5-6-11-21(19)29/h5-11,15-16,22H,4,12-14H2,1-3H3,(H,30,32)(H,31,33). The Morgan fingerprint density at radius 3 is 2.68 bits per heavy atom. The second-order valence-electron chi connectivity index (χ2n) is 9.01. The SMILES string of the molecule is CCC(Sc1cccc(NC(=O)c2ccccc2F)c1)C(=O)Nc1sc2c(c1C(=O)OC)CCC(C)C2. The topological polar surface area (TPSA) is 84.5 Å². The Balaban J connectivity index is 1.48. The predicted molar refractivity (Wildman–Crippen MR) is 146 cm³/mol. The van der Waals surface area contributed by atoms with Crippen molar-refractivity contribution < 1.29 is 23.5 Å². The third kappa shape index (κ3) is 6.22. The Labute approximate surface area is 224 Å². The highest BCUT2D eigenvalue weighted by molar-refractivity contribution is 8.00. The molecule has 0 bridgehead atoms. The molecule has 1 aromatic heterocycles. The number of halogens is 1. The maximum atomic E-state index is 14.0. The van der Waals surface area contributed by atoms with E-state index in [1.165, 1.54) is 48.4 Å². The van der Waals surface area contributed by atoms with Crippen LogP contribution in [0.1, 0.15) is 57.8 Å². The second-order valence-corrected chi connectivity index (χ2v) is 11.4. The Hall–Kier alpha value is -3.17. The molecule has 2 amide bonds. The number of nitrogens with one attached hydrogen (secondary N) is 2. The molecule has 6 nitrogen and oxygen atoms in total. The molecule has 194 valence electrons. The Kier molecular flexibility index (Phi) is 8.66. The number of hydrogen-bond acceptors (Lipinski definition) is 6. The van der Waals surface area contributed by atoms with E-state index in [1.54, 1.807) is 24.3 Å². The lowest BCUT2D eigenvalue weighted by atomic mass is 9.88. The number of anilines is 2. The van der Waals surface area contributed by atoms with Crippen molar-refractivity contribution in [3.05, 3.63) is 75.9 Å². The highest BCUT2D eigenvalue weighted by Crippen LogP contribution is 2.40. The molecule has 0 saturated heterocycles. The van der Waals surface area contributed by atoms with Crippen molar-refractivity contribution in [1.29, 1.82) is 0 Å². The fourth-order valence-electron chi connectivity index (χ4n) is 4.33. The van der Waals surface area contributed by atoms with Crippen LogP contribution in [-0.4, -0.2) is 30.1 Å². The first-order valence-electron chi connectivity index (χ1n) is 12.2. The van der Waals surface area contributed by atoms with Crippen molar-refractivity contribution in [2.75, 3.05) is 17.7 Å². The van der Waals surface area contributed by atoms with E-state index in [1.807, 2.05) is 13.0 Å². The van der Waals surface area contributed by atoms with E-state index in [0.717, 1.165) is 34.6 Å². The smallest absolute Gasteiger partial charge is 0.341 e. The van der Waals surface area contributed by atoms with Crippen LogP contribution in [0.25, 0.3) is 0 Å². The van der Waals surface area contributed by atoms with Crippen LogP contribution >= 0.6 is 23.1 Å². The average molecular weight is 541 g/mol. The maximum absolute atomic E-state index is 14.0. The van der Waals surface area contributed by atoms with Gasteiger partial charge in [-0.1, -0.05) is 32.0 Å². The number of benzene rings is 2. The molecule has 2 aromatic carbocycles. The summed E-state index contributed by atoms with van der Waals surface area (Å²) in [4.78, 5) is 40.3. The number of rotatable bonds is 8. The third-order valence-corrected chi connectivity index (χ3v) is 8.82. The number of esters is 1. The Morgan fingerprint density at radius 2 is 1.95 bits per heavy atom. The van der Waals surface area contributed by atoms with Crippen molar-refractivity contribution in [3.8, 4) is 0 Å². The van der Waals surface area contributed by atoms with Crippen LogP contribution in [0, 0.1) is 11.7 Å². The van der Waals surface area contributed by atoms with Gasteiger partial charge in [0, 0.05) is 15.5 Å². The molecule has 0 radical (unpaired) electrons. The minimum absolute atomic E-state index is 0.0409. The molecule has 1 aliphatic rings. The summed E-state index contributed by atoms with van der Waals surface area (Å²) in [5.74, 6) is -1.24. The van der Waals surface area contributed by atoms with Gasteiger partial charge in [-0.15, -0.1) is 23.1 Å². The molecule has 37 heavy (non-hydrogen) atoms. The zero-order chi connectivity index (χ0) is 26.5. The number of hydrogen-bond donors (Lipinski definition) is 2. The van der Waals surface area contributed by atoms with Crippen LogP contribution in [0.3, 0.4) is 0 Å². The van der Waals surface area contributed by atoms with E-state index in [4.69, 9.17) is 4.74 Å². The zero-order valence-electron chi connectivity index (χ0n) is 20.9. The van der Waals surface area contributed by atoms with Gasteiger partial charge in [0.05, 0.1) is 23.5 Å². The van der Waals surface area contributed by atoms with Gasteiger partial charge < -0.3 is 15.4 Å². The molecule has 9 heteroatoms. The van der Waals surface area contributed by atoms with Crippen LogP contribution in [0.5, 0.6) is 0 Å². The first-order valence-corrected chi connectivity index (χ1v) is 13.9. The van der Waals surface area contributed by atoms with Gasteiger partial charge in [-0.3, -0.25) is 9.59 Å². The third-order valence-electron chi connectivity index (χ3n) is 6.29. The normalized spacial score (nSPS) is 15.4. The summed E-state index contributed by atoms with van der Waals surface area (Å²) in [7, 11) is 1.35. The summed E-state index contributed by atoms with van der Waals surface area (Å²) in [6.45, 7) is 4.11. The predicted octanol–water partition coefficient (Wildman–Crippen LogP) is 6.56. The molecule has 1 aliphatic carbocycles. The molecule has 2 unspecified atom stereocenters. The van der Waals surface area contributed by atoms with Crippen molar-refractivity contribution >= 4 is 51.6 Å². The summed E-state index contributed by atoms with van der Waals surface area (Å²) < 4.78 is 19.0. The van der Waals surface area contributed by atoms with E-state index >= 15 is 0 Å². The molecule has 3 aromatic rings. The number of ether oxygens (including phenoxy) is 1. The molecule has 0 saturated carbocycles. The van der Waals surface area contributed by atoms with Crippen LogP contribution in [0.4, 0.5) is 15.1 Å². The number of carbonyl (C=O) groups is 3. The van der Waals surface area contributed by atoms with E-state index < -0.39 is 22.9 Å². The summed E-state index contributed by atoms with van der Waals surface area (Å²) in [6, 6.07) is 12.9. The quantitative estimate of drug-likeness (QED) is 0.250. The summed E-state index contributed by atoms with van der Waals surface area (Å²) >= 11 is 2.82. The summed E-state index contributed by atoms with van der Waals surface area (Å²) in [5.41, 5.74) is 1.92. The second kappa shape index (κ2) is 11.9. The van der Waals surface area contributed by atoms with Crippen LogP contribution in [-0.2, 0) is 22.4 Å². The van der Waals surface area contributed by atoms with Gasteiger partial charge in [0.2, 0.25) is 5.91 Å². The zero-order valence-corrected chi connectivity index (χ0v) is 22.6. The Morgan fingerprint density at radius 1 is 1.16 bits per heavy atom. The number of carbonyl (C=O) groups excluding carboxylic acids is 3. The monoisotopic (exact) mass is 540 g/mol. The fourth-order valence-corrected chi connectivity index (χ4v) is 6.74. The van der Waals surface area contributed by atoms with Crippen molar-refractivity contribution in [2.24, 2.45) is 5.92 Å². The largest absolute Gasteiger partial charge is 0.465 e. The van der Waals surface area contributed by atoms with Gasteiger partial charge in [0.25, 0.3) is 5.91 Å². The lowest BCUT2D eigenvalue weighted by Crippen LogP contribution is -2.25. The molecule has 1 heterocycles. The maximum Gasteiger partial charge on any atom is 0.341 e. The van der Waals surface area contributed by atoms with Crippen molar-refractivity contribution in [1.82, 2.24) is 0 Å². The van der Waals surface area contributed by atoms with Gasteiger partial charge in [-0.25, -0.2) is 9.18 Å². The number of thioether (sulfide) groups is 1. The van der Waals surface area contributed by atoms with E-state index in [0.29, 0.717) is 28.6 Å².